The van der Waals surface area contributed by atoms with Crippen LogP contribution >= 0.6 is 12.2 Å². The van der Waals surface area contributed by atoms with E-state index in [-0.39, 0.29) is 11.0 Å². The molecule has 0 aliphatic heterocycles. The van der Waals surface area contributed by atoms with Crippen LogP contribution in [-0.2, 0) is 10.2 Å². The van der Waals surface area contributed by atoms with E-state index in [1.165, 1.54) is 0 Å². The number of ether oxygens (including phenoxy) is 1. The van der Waals surface area contributed by atoms with E-state index >= 15 is 0 Å². The molecule has 0 saturated heterocycles. The van der Waals surface area contributed by atoms with Crippen LogP contribution in [-0.4, -0.2) is 16.1 Å². The lowest BCUT2D eigenvalue weighted by molar-refractivity contribution is -0.142. The topological polar surface area (TPSA) is 46.5 Å². The number of fused-ring (bicyclic) bond motifs is 1. The lowest BCUT2D eigenvalue weighted by atomic mass is 9.76. The Hall–Kier alpha value is -2.72. The van der Waals surface area contributed by atoms with E-state index in [0.29, 0.717) is 5.75 Å². The van der Waals surface area contributed by atoms with Crippen molar-refractivity contribution >= 4 is 34.0 Å². The Morgan fingerprint density at radius 2 is 1.46 bits per heavy atom. The summed E-state index contributed by atoms with van der Waals surface area (Å²) in [5.74, 6) is 0.245. The zero-order valence-corrected chi connectivity index (χ0v) is 17.3. The van der Waals surface area contributed by atoms with Crippen LogP contribution in [0.3, 0.4) is 0 Å². The largest absolute Gasteiger partial charge is 0.501 e. The third-order valence-corrected chi connectivity index (χ3v) is 5.40. The predicted molar refractivity (Wildman–Crippen MR) is 117 cm³/mol. The summed E-state index contributed by atoms with van der Waals surface area (Å²) in [6.07, 6.45) is 0. The minimum Gasteiger partial charge on any atom is -0.501 e. The molecule has 0 fully saturated rings. The number of hydrogen-bond acceptors (Lipinski definition) is 3. The van der Waals surface area contributed by atoms with E-state index in [4.69, 9.17) is 17.0 Å². The highest BCUT2D eigenvalue weighted by atomic mass is 32.1. The van der Waals surface area contributed by atoms with Crippen LogP contribution in [0, 0.1) is 5.41 Å². The molecule has 3 aromatic carbocycles. The smallest absolute Gasteiger partial charge is 0.316 e. The second-order valence-corrected chi connectivity index (χ2v) is 8.55. The van der Waals surface area contributed by atoms with Crippen molar-refractivity contribution in [2.24, 2.45) is 5.41 Å². The Morgan fingerprint density at radius 3 is 2.07 bits per heavy atom. The molecule has 144 valence electrons. The number of hydrogen-bond donors (Lipinski definition) is 1. The zero-order chi connectivity index (χ0) is 20.5. The number of aliphatic hydroxyl groups excluding tert-OH is 1. The van der Waals surface area contributed by atoms with Gasteiger partial charge in [-0.25, -0.2) is 0 Å². The monoisotopic (exact) mass is 392 g/mol. The number of benzene rings is 3. The van der Waals surface area contributed by atoms with Gasteiger partial charge in [0, 0.05) is 0 Å². The summed E-state index contributed by atoms with van der Waals surface area (Å²) in [6, 6.07) is 21.2. The fourth-order valence-corrected chi connectivity index (χ4v) is 3.28. The number of carbonyl (C=O) groups excluding carboxylic acids is 1. The second-order valence-electron chi connectivity index (χ2n) is 8.16. The van der Waals surface area contributed by atoms with Gasteiger partial charge in [0.1, 0.15) is 5.75 Å². The van der Waals surface area contributed by atoms with Crippen molar-refractivity contribution in [1.82, 2.24) is 0 Å². The van der Waals surface area contributed by atoms with Crippen LogP contribution in [0.5, 0.6) is 5.75 Å². The summed E-state index contributed by atoms with van der Waals surface area (Å²) in [5.41, 5.74) is 0.477. The lowest BCUT2D eigenvalue weighted by Gasteiger charge is -2.29. The van der Waals surface area contributed by atoms with Crippen molar-refractivity contribution in [3.63, 3.8) is 0 Å². The van der Waals surface area contributed by atoms with Crippen LogP contribution in [0.2, 0.25) is 0 Å². The van der Waals surface area contributed by atoms with Crippen molar-refractivity contribution in [1.29, 1.82) is 0 Å². The van der Waals surface area contributed by atoms with E-state index in [9.17, 15) is 9.90 Å². The summed E-state index contributed by atoms with van der Waals surface area (Å²) in [6.45, 7) is 7.39. The first-order chi connectivity index (χ1) is 13.1. The van der Waals surface area contributed by atoms with Gasteiger partial charge in [-0.2, -0.15) is 0 Å². The second kappa shape index (κ2) is 7.36. The first kappa shape index (κ1) is 20.0. The molecular weight excluding hydrogens is 368 g/mol. The van der Waals surface area contributed by atoms with E-state index < -0.39 is 10.8 Å². The molecule has 28 heavy (non-hydrogen) atoms. The maximum Gasteiger partial charge on any atom is 0.316 e. The number of rotatable bonds is 4. The highest BCUT2D eigenvalue weighted by molar-refractivity contribution is 7.80. The first-order valence-corrected chi connectivity index (χ1v) is 9.59. The van der Waals surface area contributed by atoms with Crippen LogP contribution in [0.15, 0.2) is 66.7 Å². The van der Waals surface area contributed by atoms with Crippen LogP contribution in [0.1, 0.15) is 38.8 Å². The Kier molecular flexibility index (Phi) is 5.26. The SMILES string of the molecule is CC(C)(C)C(=O)Oc1ccc2cc(C(C)(C(O)=S)c3ccccc3)ccc2c1. The molecule has 0 bridgehead atoms. The molecule has 3 aromatic rings. The highest BCUT2D eigenvalue weighted by Gasteiger charge is 2.34. The van der Waals surface area contributed by atoms with Crippen molar-refractivity contribution in [3.05, 3.63) is 77.9 Å². The van der Waals surface area contributed by atoms with Gasteiger partial charge in [0.15, 0.2) is 5.05 Å². The van der Waals surface area contributed by atoms with Crippen molar-refractivity contribution in [3.8, 4) is 5.75 Å². The van der Waals surface area contributed by atoms with Gasteiger partial charge in [-0.05, 0) is 80.0 Å². The van der Waals surface area contributed by atoms with Gasteiger partial charge in [0.2, 0.25) is 0 Å². The standard InChI is InChI=1S/C24H24O3S/c1-23(2,3)21(25)27-20-13-11-16-14-19(12-10-17(16)15-20)24(4,22(26)28)18-8-6-5-7-9-18/h5-15H,1-4H3,(H,26,28). The molecular formula is C24H24O3S. The molecule has 0 radical (unpaired) electrons. The summed E-state index contributed by atoms with van der Waals surface area (Å²) in [7, 11) is 0. The molecule has 3 nitrogen and oxygen atoms in total. The van der Waals surface area contributed by atoms with Crippen LogP contribution in [0.4, 0.5) is 0 Å². The molecule has 0 amide bonds. The lowest BCUT2D eigenvalue weighted by Crippen LogP contribution is -2.32. The molecule has 0 aliphatic rings. The quantitative estimate of drug-likeness (QED) is 0.337. The minimum absolute atomic E-state index is 0.0752. The highest BCUT2D eigenvalue weighted by Crippen LogP contribution is 2.35. The maximum absolute atomic E-state index is 12.1. The van der Waals surface area contributed by atoms with E-state index in [0.717, 1.165) is 21.9 Å². The van der Waals surface area contributed by atoms with Gasteiger partial charge >= 0.3 is 5.97 Å². The molecule has 0 saturated carbocycles. The van der Waals surface area contributed by atoms with Gasteiger partial charge < -0.3 is 9.84 Å². The molecule has 1 atom stereocenters. The summed E-state index contributed by atoms with van der Waals surface area (Å²) in [4.78, 5) is 12.1. The third kappa shape index (κ3) is 3.78. The number of thiocarbonyl (C=S) groups is 1. The van der Waals surface area contributed by atoms with E-state index in [1.54, 1.807) is 6.07 Å². The normalized spacial score (nSPS) is 13.7. The number of carbonyl (C=O) groups is 1. The molecule has 0 heterocycles. The first-order valence-electron chi connectivity index (χ1n) is 9.18. The van der Waals surface area contributed by atoms with Crippen molar-refractivity contribution < 1.29 is 14.6 Å². The Morgan fingerprint density at radius 1 is 0.857 bits per heavy atom. The molecule has 1 unspecified atom stereocenters. The average molecular weight is 393 g/mol. The minimum atomic E-state index is -0.790. The third-order valence-electron chi connectivity index (χ3n) is 4.99. The number of esters is 1. The molecule has 0 aromatic heterocycles. The maximum atomic E-state index is 12.1. The molecule has 1 N–H and O–H groups in total. The van der Waals surface area contributed by atoms with Gasteiger partial charge in [0.25, 0.3) is 0 Å². The summed E-state index contributed by atoms with van der Waals surface area (Å²) < 4.78 is 5.49. The van der Waals surface area contributed by atoms with Crippen molar-refractivity contribution in [2.75, 3.05) is 0 Å². The predicted octanol–water partition coefficient (Wildman–Crippen LogP) is 5.98. The van der Waals surface area contributed by atoms with E-state index in [2.05, 4.69) is 0 Å². The van der Waals surface area contributed by atoms with E-state index in [1.807, 2.05) is 88.4 Å². The molecule has 0 aliphatic carbocycles. The zero-order valence-electron chi connectivity index (χ0n) is 16.5. The summed E-state index contributed by atoms with van der Waals surface area (Å²) >= 11 is 5.22. The average Bonchev–Trinajstić information content (AvgIpc) is 2.66. The van der Waals surface area contributed by atoms with Crippen LogP contribution in [0.25, 0.3) is 10.8 Å². The Labute approximate surface area is 171 Å². The molecule has 4 heteroatoms. The van der Waals surface area contributed by atoms with Gasteiger partial charge in [-0.3, -0.25) is 4.79 Å². The fourth-order valence-electron chi connectivity index (χ4n) is 3.04. The fraction of sp³-hybridized carbons (Fsp3) is 0.250. The van der Waals surface area contributed by atoms with Crippen molar-refractivity contribution in [2.45, 2.75) is 33.1 Å². The van der Waals surface area contributed by atoms with Gasteiger partial charge in [0.05, 0.1) is 10.8 Å². The number of aliphatic hydroxyl groups is 1. The Bertz CT molecular complexity index is 1030. The molecule has 3 rings (SSSR count). The van der Waals surface area contributed by atoms with Crippen LogP contribution < -0.4 is 4.74 Å². The van der Waals surface area contributed by atoms with Gasteiger partial charge in [-0.15, -0.1) is 0 Å². The van der Waals surface area contributed by atoms with Gasteiger partial charge in [-0.1, -0.05) is 48.5 Å². The summed E-state index contributed by atoms with van der Waals surface area (Å²) in [5, 5.41) is 12.2. The Balaban J connectivity index is 2.02. The molecule has 0 spiro atoms.